The van der Waals surface area contributed by atoms with Crippen molar-refractivity contribution < 1.29 is 14.3 Å². The van der Waals surface area contributed by atoms with E-state index in [4.69, 9.17) is 4.74 Å². The van der Waals surface area contributed by atoms with Gasteiger partial charge in [-0.1, -0.05) is 0 Å². The highest BCUT2D eigenvalue weighted by molar-refractivity contribution is 7.18. The largest absolute Gasteiger partial charge is 0.466 e. The van der Waals surface area contributed by atoms with E-state index in [2.05, 4.69) is 9.97 Å². The number of aryl methyl sites for hydroxylation is 3. The normalized spacial score (nSPS) is 19.2. The van der Waals surface area contributed by atoms with Gasteiger partial charge in [-0.05, 0) is 51.0 Å². The number of rotatable bonds is 5. The number of amides is 1. The summed E-state index contributed by atoms with van der Waals surface area (Å²) in [5.74, 6) is 0.100. The lowest BCUT2D eigenvalue weighted by atomic mass is 9.97. The van der Waals surface area contributed by atoms with Gasteiger partial charge in [0.15, 0.2) is 0 Å². The van der Waals surface area contributed by atoms with Gasteiger partial charge in [-0.2, -0.15) is 0 Å². The number of hydrogen-bond acceptors (Lipinski definition) is 6. The summed E-state index contributed by atoms with van der Waals surface area (Å²) in [7, 11) is 0. The standard InChI is InChI=1S/C21H27N3O4S/c1-2-28-21(27)13-6-5-11-24(12-13)17(25)10-9-16-22-19(26)18-14-7-3-4-8-15(14)29-20(18)23-16/h13H,2-12H2,1H3,(H,22,23,26). The molecular formula is C21H27N3O4S. The minimum absolute atomic E-state index is 0.00721. The molecule has 1 fully saturated rings. The Bertz CT molecular complexity index is 980. The van der Waals surface area contributed by atoms with Gasteiger partial charge < -0.3 is 14.6 Å². The maximum absolute atomic E-state index is 12.7. The third-order valence-electron chi connectivity index (χ3n) is 5.84. The number of piperidine rings is 1. The number of nitrogens with one attached hydrogen (secondary N) is 1. The van der Waals surface area contributed by atoms with E-state index in [1.807, 2.05) is 0 Å². The number of nitrogens with zero attached hydrogens (tertiary/aromatic N) is 2. The molecule has 0 spiro atoms. The molecule has 1 N–H and O–H groups in total. The predicted octanol–water partition coefficient (Wildman–Crippen LogP) is 2.60. The van der Waals surface area contributed by atoms with Gasteiger partial charge in [-0.3, -0.25) is 14.4 Å². The Hall–Kier alpha value is -2.22. The highest BCUT2D eigenvalue weighted by Crippen LogP contribution is 2.33. The van der Waals surface area contributed by atoms with Crippen molar-refractivity contribution in [3.63, 3.8) is 0 Å². The second-order valence-electron chi connectivity index (χ2n) is 7.83. The molecule has 1 saturated heterocycles. The minimum atomic E-state index is -0.237. The fraction of sp³-hybridized carbons (Fsp3) is 0.619. The number of fused-ring (bicyclic) bond motifs is 3. The van der Waals surface area contributed by atoms with E-state index >= 15 is 0 Å². The summed E-state index contributed by atoms with van der Waals surface area (Å²) in [5, 5.41) is 0.744. The third-order valence-corrected chi connectivity index (χ3v) is 7.03. The Kier molecular flexibility index (Phi) is 5.99. The molecule has 2 aliphatic rings. The van der Waals surface area contributed by atoms with E-state index in [1.54, 1.807) is 23.2 Å². The van der Waals surface area contributed by atoms with Crippen LogP contribution >= 0.6 is 11.3 Å². The number of H-pyrrole nitrogens is 1. The maximum Gasteiger partial charge on any atom is 0.310 e. The van der Waals surface area contributed by atoms with Gasteiger partial charge in [0.2, 0.25) is 5.91 Å². The molecule has 29 heavy (non-hydrogen) atoms. The number of carbonyl (C=O) groups is 2. The Morgan fingerprint density at radius 2 is 2.10 bits per heavy atom. The molecule has 4 rings (SSSR count). The Morgan fingerprint density at radius 3 is 2.93 bits per heavy atom. The minimum Gasteiger partial charge on any atom is -0.466 e. The van der Waals surface area contributed by atoms with Gasteiger partial charge in [-0.15, -0.1) is 11.3 Å². The second-order valence-corrected chi connectivity index (χ2v) is 8.92. The van der Waals surface area contributed by atoms with Crippen molar-refractivity contribution in [2.24, 2.45) is 5.92 Å². The molecule has 0 radical (unpaired) electrons. The number of esters is 1. The lowest BCUT2D eigenvalue weighted by Gasteiger charge is -2.31. The smallest absolute Gasteiger partial charge is 0.310 e. The van der Waals surface area contributed by atoms with Gasteiger partial charge in [0.05, 0.1) is 17.9 Å². The van der Waals surface area contributed by atoms with Crippen LogP contribution in [0.25, 0.3) is 10.2 Å². The van der Waals surface area contributed by atoms with Crippen LogP contribution in [0.3, 0.4) is 0 Å². The number of thiophene rings is 1. The van der Waals surface area contributed by atoms with Crippen LogP contribution in [0, 0.1) is 5.92 Å². The number of aromatic amines is 1. The predicted molar refractivity (Wildman–Crippen MR) is 111 cm³/mol. The van der Waals surface area contributed by atoms with E-state index in [0.29, 0.717) is 31.9 Å². The molecule has 2 aromatic rings. The highest BCUT2D eigenvalue weighted by Gasteiger charge is 2.29. The first-order chi connectivity index (χ1) is 14.1. The molecule has 1 amide bonds. The molecule has 1 atom stereocenters. The number of ether oxygens (including phenoxy) is 1. The molecular weight excluding hydrogens is 390 g/mol. The van der Waals surface area contributed by atoms with Crippen LogP contribution in [0.5, 0.6) is 0 Å². The Morgan fingerprint density at radius 1 is 1.28 bits per heavy atom. The zero-order chi connectivity index (χ0) is 20.4. The molecule has 1 unspecified atom stereocenters. The Balaban J connectivity index is 1.42. The van der Waals surface area contributed by atoms with E-state index in [1.165, 1.54) is 16.9 Å². The van der Waals surface area contributed by atoms with Crippen molar-refractivity contribution >= 4 is 33.4 Å². The third kappa shape index (κ3) is 4.22. The molecule has 156 valence electrons. The van der Waals surface area contributed by atoms with Gasteiger partial charge in [0.25, 0.3) is 5.56 Å². The summed E-state index contributed by atoms with van der Waals surface area (Å²) in [6.07, 6.45) is 6.50. The van der Waals surface area contributed by atoms with Crippen molar-refractivity contribution in [3.05, 3.63) is 26.6 Å². The van der Waals surface area contributed by atoms with Gasteiger partial charge in [0.1, 0.15) is 10.7 Å². The molecule has 8 heteroatoms. The van der Waals surface area contributed by atoms with Gasteiger partial charge in [0, 0.05) is 30.8 Å². The molecule has 3 heterocycles. The van der Waals surface area contributed by atoms with Crippen LogP contribution < -0.4 is 5.56 Å². The van der Waals surface area contributed by atoms with E-state index in [9.17, 15) is 14.4 Å². The lowest BCUT2D eigenvalue weighted by molar-refractivity contribution is -0.151. The zero-order valence-electron chi connectivity index (χ0n) is 16.8. The maximum atomic E-state index is 12.7. The molecule has 0 saturated carbocycles. The van der Waals surface area contributed by atoms with Crippen molar-refractivity contribution in [3.8, 4) is 0 Å². The first-order valence-electron chi connectivity index (χ1n) is 10.5. The lowest BCUT2D eigenvalue weighted by Crippen LogP contribution is -2.43. The summed E-state index contributed by atoms with van der Waals surface area (Å²) in [4.78, 5) is 48.6. The summed E-state index contributed by atoms with van der Waals surface area (Å²) in [6, 6.07) is 0. The van der Waals surface area contributed by atoms with Crippen LogP contribution in [0.2, 0.25) is 0 Å². The molecule has 0 aromatic carbocycles. The topological polar surface area (TPSA) is 92.4 Å². The molecule has 1 aliphatic carbocycles. The van der Waals surface area contributed by atoms with E-state index < -0.39 is 0 Å². The fourth-order valence-corrected chi connectivity index (χ4v) is 5.65. The zero-order valence-corrected chi connectivity index (χ0v) is 17.6. The number of hydrogen-bond donors (Lipinski definition) is 1. The van der Waals surface area contributed by atoms with Crippen LogP contribution in [-0.4, -0.2) is 46.4 Å². The molecule has 1 aliphatic heterocycles. The Labute approximate surface area is 173 Å². The molecule has 0 bridgehead atoms. The van der Waals surface area contributed by atoms with Crippen molar-refractivity contribution in [2.75, 3.05) is 19.7 Å². The average molecular weight is 418 g/mol. The second kappa shape index (κ2) is 8.65. The first-order valence-corrected chi connectivity index (χ1v) is 11.4. The van der Waals surface area contributed by atoms with Crippen molar-refractivity contribution in [1.82, 2.24) is 14.9 Å². The van der Waals surface area contributed by atoms with Crippen LogP contribution in [0.15, 0.2) is 4.79 Å². The van der Waals surface area contributed by atoms with Crippen LogP contribution in [0.1, 0.15) is 55.3 Å². The summed E-state index contributed by atoms with van der Waals surface area (Å²) in [5.41, 5.74) is 1.09. The molecule has 7 nitrogen and oxygen atoms in total. The highest BCUT2D eigenvalue weighted by atomic mass is 32.1. The van der Waals surface area contributed by atoms with Crippen molar-refractivity contribution in [2.45, 2.75) is 58.3 Å². The average Bonchev–Trinajstić information content (AvgIpc) is 3.11. The van der Waals surface area contributed by atoms with Gasteiger partial charge >= 0.3 is 5.97 Å². The molecule has 2 aromatic heterocycles. The van der Waals surface area contributed by atoms with Crippen molar-refractivity contribution in [1.29, 1.82) is 0 Å². The van der Waals surface area contributed by atoms with E-state index in [0.717, 1.165) is 42.3 Å². The van der Waals surface area contributed by atoms with E-state index in [-0.39, 0.29) is 29.8 Å². The number of aromatic nitrogens is 2. The summed E-state index contributed by atoms with van der Waals surface area (Å²) < 4.78 is 5.10. The monoisotopic (exact) mass is 417 g/mol. The summed E-state index contributed by atoms with van der Waals surface area (Å²) in [6.45, 7) is 3.23. The number of carbonyl (C=O) groups excluding carboxylic acids is 2. The van der Waals surface area contributed by atoms with Crippen LogP contribution in [-0.2, 0) is 33.6 Å². The van der Waals surface area contributed by atoms with Gasteiger partial charge in [-0.25, -0.2) is 4.98 Å². The fourth-order valence-electron chi connectivity index (χ4n) is 4.37. The first kappa shape index (κ1) is 20.1. The number of likely N-dealkylation sites (tertiary alicyclic amines) is 1. The summed E-state index contributed by atoms with van der Waals surface area (Å²) >= 11 is 1.62. The quantitative estimate of drug-likeness (QED) is 0.755. The van der Waals surface area contributed by atoms with Crippen LogP contribution in [0.4, 0.5) is 0 Å². The SMILES string of the molecule is CCOC(=O)C1CCCN(C(=O)CCc2nc3sc4c(c3c(=O)[nH]2)CCCC4)C1.